The van der Waals surface area contributed by atoms with Crippen LogP contribution in [0.15, 0.2) is 18.3 Å². The van der Waals surface area contributed by atoms with Gasteiger partial charge in [0.25, 0.3) is 0 Å². The fourth-order valence-corrected chi connectivity index (χ4v) is 1.22. The Hall–Kier alpha value is -1.30. The number of alkyl halides is 3. The second-order valence-corrected chi connectivity index (χ2v) is 3.08. The normalized spacial score (nSPS) is 11.5. The maximum atomic E-state index is 12.6. The van der Waals surface area contributed by atoms with Crippen LogP contribution in [-0.2, 0) is 6.18 Å². The zero-order valence-electron chi connectivity index (χ0n) is 8.25. The lowest BCUT2D eigenvalue weighted by molar-refractivity contribution is -0.137. The van der Waals surface area contributed by atoms with Gasteiger partial charge in [0.1, 0.15) is 5.82 Å². The van der Waals surface area contributed by atoms with Crippen LogP contribution >= 0.6 is 0 Å². The quantitative estimate of drug-likeness (QED) is 0.837. The van der Waals surface area contributed by atoms with Gasteiger partial charge in [-0.3, -0.25) is 0 Å². The molecule has 2 N–H and O–H groups in total. The Kier molecular flexibility index (Phi) is 3.52. The van der Waals surface area contributed by atoms with Crippen molar-refractivity contribution < 1.29 is 13.2 Å². The van der Waals surface area contributed by atoms with Gasteiger partial charge in [0, 0.05) is 26.3 Å². The molecule has 1 rings (SSSR count). The minimum atomic E-state index is -4.38. The summed E-state index contributed by atoms with van der Waals surface area (Å²) < 4.78 is 37.7. The molecule has 0 amide bonds. The van der Waals surface area contributed by atoms with Crippen molar-refractivity contribution in [2.45, 2.75) is 6.18 Å². The van der Waals surface area contributed by atoms with Crippen molar-refractivity contribution in [3.63, 3.8) is 0 Å². The van der Waals surface area contributed by atoms with Gasteiger partial charge in [-0.25, -0.2) is 4.98 Å². The summed E-state index contributed by atoms with van der Waals surface area (Å²) in [6, 6.07) is 2.28. The molecule has 0 saturated heterocycles. The van der Waals surface area contributed by atoms with Crippen molar-refractivity contribution in [1.29, 1.82) is 0 Å². The van der Waals surface area contributed by atoms with E-state index in [0.29, 0.717) is 6.54 Å². The average molecular weight is 219 g/mol. The maximum Gasteiger partial charge on any atom is 0.419 e. The molecule has 3 nitrogen and oxygen atoms in total. The molecule has 0 aliphatic heterocycles. The number of hydrogen-bond acceptors (Lipinski definition) is 3. The van der Waals surface area contributed by atoms with E-state index in [-0.39, 0.29) is 12.4 Å². The van der Waals surface area contributed by atoms with Crippen LogP contribution in [-0.4, -0.2) is 25.1 Å². The third-order valence-corrected chi connectivity index (χ3v) is 1.92. The van der Waals surface area contributed by atoms with Gasteiger partial charge in [0.15, 0.2) is 0 Å². The molecule has 84 valence electrons. The first kappa shape index (κ1) is 11.8. The molecular formula is C9H12F3N3. The summed E-state index contributed by atoms with van der Waals surface area (Å²) in [5, 5.41) is 0. The van der Waals surface area contributed by atoms with E-state index in [1.807, 2.05) is 0 Å². The highest BCUT2D eigenvalue weighted by molar-refractivity contribution is 5.47. The van der Waals surface area contributed by atoms with Gasteiger partial charge in [-0.15, -0.1) is 0 Å². The first-order valence-corrected chi connectivity index (χ1v) is 4.40. The molecular weight excluding hydrogens is 207 g/mol. The van der Waals surface area contributed by atoms with Crippen LogP contribution in [0.25, 0.3) is 0 Å². The number of pyridine rings is 1. The number of nitrogens with zero attached hydrogens (tertiary/aromatic N) is 2. The summed E-state index contributed by atoms with van der Waals surface area (Å²) in [4.78, 5) is 5.11. The summed E-state index contributed by atoms with van der Waals surface area (Å²) >= 11 is 0. The predicted molar refractivity (Wildman–Crippen MR) is 51.6 cm³/mol. The monoisotopic (exact) mass is 219 g/mol. The van der Waals surface area contributed by atoms with Gasteiger partial charge in [0.05, 0.1) is 5.56 Å². The van der Waals surface area contributed by atoms with Crippen molar-refractivity contribution in [3.05, 3.63) is 23.9 Å². The lowest BCUT2D eigenvalue weighted by Crippen LogP contribution is -2.28. The van der Waals surface area contributed by atoms with Crippen molar-refractivity contribution >= 4 is 5.82 Å². The average Bonchev–Trinajstić information content (AvgIpc) is 2.17. The third-order valence-electron chi connectivity index (χ3n) is 1.92. The SMILES string of the molecule is CN(CCN)c1ncccc1C(F)(F)F. The minimum Gasteiger partial charge on any atom is -0.358 e. The Bertz CT molecular complexity index is 325. The highest BCUT2D eigenvalue weighted by Gasteiger charge is 2.34. The molecule has 0 bridgehead atoms. The first-order valence-electron chi connectivity index (χ1n) is 4.40. The zero-order valence-corrected chi connectivity index (χ0v) is 8.25. The Morgan fingerprint density at radius 2 is 2.13 bits per heavy atom. The number of nitrogens with two attached hydrogens (primary N) is 1. The summed E-state index contributed by atoms with van der Waals surface area (Å²) in [5.74, 6) is -0.0875. The Labute approximate surface area is 85.7 Å². The van der Waals surface area contributed by atoms with Crippen LogP contribution < -0.4 is 10.6 Å². The fourth-order valence-electron chi connectivity index (χ4n) is 1.22. The van der Waals surface area contributed by atoms with Crippen LogP contribution in [0.1, 0.15) is 5.56 Å². The lowest BCUT2D eigenvalue weighted by Gasteiger charge is -2.21. The summed E-state index contributed by atoms with van der Waals surface area (Å²) in [6.07, 6.45) is -3.05. The molecule has 0 saturated carbocycles. The van der Waals surface area contributed by atoms with E-state index < -0.39 is 11.7 Å². The van der Waals surface area contributed by atoms with Gasteiger partial charge >= 0.3 is 6.18 Å². The minimum absolute atomic E-state index is 0.0875. The van der Waals surface area contributed by atoms with Gasteiger partial charge in [-0.05, 0) is 12.1 Å². The van der Waals surface area contributed by atoms with Crippen molar-refractivity contribution in [2.75, 3.05) is 25.0 Å². The summed E-state index contributed by atoms with van der Waals surface area (Å²) in [7, 11) is 1.53. The predicted octanol–water partition coefficient (Wildman–Crippen LogP) is 1.50. The van der Waals surface area contributed by atoms with Crippen molar-refractivity contribution in [1.82, 2.24) is 4.98 Å². The van der Waals surface area contributed by atoms with Crippen molar-refractivity contribution in [3.8, 4) is 0 Å². The van der Waals surface area contributed by atoms with Gasteiger partial charge in [-0.1, -0.05) is 0 Å². The fraction of sp³-hybridized carbons (Fsp3) is 0.444. The molecule has 0 atom stereocenters. The zero-order chi connectivity index (χ0) is 11.5. The van der Waals surface area contributed by atoms with E-state index >= 15 is 0 Å². The molecule has 0 spiro atoms. The van der Waals surface area contributed by atoms with E-state index in [9.17, 15) is 13.2 Å². The van der Waals surface area contributed by atoms with E-state index in [1.54, 1.807) is 0 Å². The van der Waals surface area contributed by atoms with Crippen LogP contribution in [0.3, 0.4) is 0 Å². The number of aromatic nitrogens is 1. The molecule has 1 aromatic rings. The molecule has 0 aromatic carbocycles. The first-order chi connectivity index (χ1) is 6.96. The number of hydrogen-bond donors (Lipinski definition) is 1. The number of likely N-dealkylation sites (N-methyl/N-ethyl adjacent to an activating group) is 1. The lowest BCUT2D eigenvalue weighted by atomic mass is 10.2. The second kappa shape index (κ2) is 4.48. The molecule has 6 heteroatoms. The topological polar surface area (TPSA) is 42.1 Å². The third kappa shape index (κ3) is 2.82. The van der Waals surface area contributed by atoms with E-state index in [4.69, 9.17) is 5.73 Å². The van der Waals surface area contributed by atoms with Gasteiger partial charge in [-0.2, -0.15) is 13.2 Å². The van der Waals surface area contributed by atoms with E-state index in [1.165, 1.54) is 24.2 Å². The van der Waals surface area contributed by atoms with Crippen LogP contribution in [0.5, 0.6) is 0 Å². The number of rotatable bonds is 3. The Morgan fingerprint density at radius 1 is 1.47 bits per heavy atom. The highest BCUT2D eigenvalue weighted by Crippen LogP contribution is 2.34. The smallest absolute Gasteiger partial charge is 0.358 e. The standard InChI is InChI=1S/C9H12F3N3/c1-15(6-4-13)8-7(9(10,11)12)3-2-5-14-8/h2-3,5H,4,6,13H2,1H3. The molecule has 15 heavy (non-hydrogen) atoms. The Morgan fingerprint density at radius 3 is 2.67 bits per heavy atom. The maximum absolute atomic E-state index is 12.6. The summed E-state index contributed by atoms with van der Waals surface area (Å²) in [6.45, 7) is 0.616. The van der Waals surface area contributed by atoms with E-state index in [2.05, 4.69) is 4.98 Å². The molecule has 0 unspecified atom stereocenters. The second-order valence-electron chi connectivity index (χ2n) is 3.08. The van der Waals surface area contributed by atoms with Crippen LogP contribution in [0.2, 0.25) is 0 Å². The number of anilines is 1. The van der Waals surface area contributed by atoms with Gasteiger partial charge < -0.3 is 10.6 Å². The molecule has 0 aliphatic rings. The molecule has 1 aromatic heterocycles. The van der Waals surface area contributed by atoms with Crippen molar-refractivity contribution in [2.24, 2.45) is 5.73 Å². The van der Waals surface area contributed by atoms with Crippen LogP contribution in [0.4, 0.5) is 19.0 Å². The largest absolute Gasteiger partial charge is 0.419 e. The Balaban J connectivity index is 3.06. The molecule has 0 radical (unpaired) electrons. The number of halogens is 3. The molecule has 0 fully saturated rings. The van der Waals surface area contributed by atoms with Gasteiger partial charge in [0.2, 0.25) is 0 Å². The highest BCUT2D eigenvalue weighted by atomic mass is 19.4. The van der Waals surface area contributed by atoms with E-state index in [0.717, 1.165) is 6.07 Å². The molecule has 0 aliphatic carbocycles. The van der Waals surface area contributed by atoms with Crippen LogP contribution in [0, 0.1) is 0 Å². The summed E-state index contributed by atoms with van der Waals surface area (Å²) in [5.41, 5.74) is 4.54. The molecule has 1 heterocycles.